The molecule has 0 radical (unpaired) electrons. The molecule has 0 bridgehead atoms. The second-order valence-corrected chi connectivity index (χ2v) is 3.62. The molecule has 1 aromatic carbocycles. The molecule has 1 aliphatic heterocycles. The Bertz CT molecular complexity index is 374. The van der Waals surface area contributed by atoms with Crippen LogP contribution < -0.4 is 4.90 Å². The van der Waals surface area contributed by atoms with Crippen molar-refractivity contribution in [3.8, 4) is 5.75 Å². The molecule has 2 rings (SSSR count). The Labute approximate surface area is 83.0 Å². The van der Waals surface area contributed by atoms with Gasteiger partial charge in [-0.3, -0.25) is 4.79 Å². The van der Waals surface area contributed by atoms with Gasteiger partial charge in [-0.15, -0.1) is 0 Å². The van der Waals surface area contributed by atoms with Crippen molar-refractivity contribution in [3.63, 3.8) is 0 Å². The standard InChI is InChI=1S/C11H13NO2/c1-12-10-6-5-9(13)7-8(10)3-2-4-11(12)14/h5-7,13H,2-4H2,1H3. The minimum Gasteiger partial charge on any atom is -0.508 e. The lowest BCUT2D eigenvalue weighted by atomic mass is 10.1. The van der Waals surface area contributed by atoms with Gasteiger partial charge >= 0.3 is 0 Å². The van der Waals surface area contributed by atoms with E-state index in [0.29, 0.717) is 6.42 Å². The van der Waals surface area contributed by atoms with Crippen molar-refractivity contribution in [2.45, 2.75) is 19.3 Å². The molecule has 0 saturated heterocycles. The number of rotatable bonds is 0. The van der Waals surface area contributed by atoms with Crippen molar-refractivity contribution in [1.29, 1.82) is 0 Å². The minimum atomic E-state index is 0.148. The molecule has 1 heterocycles. The first-order chi connectivity index (χ1) is 6.68. The lowest BCUT2D eigenvalue weighted by Crippen LogP contribution is -2.24. The SMILES string of the molecule is CN1C(=O)CCCc2cc(O)ccc21. The highest BCUT2D eigenvalue weighted by molar-refractivity contribution is 5.94. The number of phenols is 1. The average molecular weight is 191 g/mol. The summed E-state index contributed by atoms with van der Waals surface area (Å²) in [6.45, 7) is 0. The predicted octanol–water partition coefficient (Wildman–Crippen LogP) is 1.69. The monoisotopic (exact) mass is 191 g/mol. The Balaban J connectivity index is 2.48. The minimum absolute atomic E-state index is 0.148. The van der Waals surface area contributed by atoms with E-state index < -0.39 is 0 Å². The maximum atomic E-state index is 11.5. The molecular weight excluding hydrogens is 178 g/mol. The molecule has 1 aromatic rings. The van der Waals surface area contributed by atoms with Crippen molar-refractivity contribution in [1.82, 2.24) is 0 Å². The lowest BCUT2D eigenvalue weighted by Gasteiger charge is -2.17. The molecule has 0 fully saturated rings. The zero-order chi connectivity index (χ0) is 10.1. The Morgan fingerprint density at radius 2 is 2.14 bits per heavy atom. The van der Waals surface area contributed by atoms with Crippen LogP contribution in [0.3, 0.4) is 0 Å². The first-order valence-electron chi connectivity index (χ1n) is 4.77. The van der Waals surface area contributed by atoms with Gasteiger partial charge in [0.25, 0.3) is 0 Å². The summed E-state index contributed by atoms with van der Waals surface area (Å²) in [6, 6.07) is 5.16. The number of carbonyl (C=O) groups is 1. The Morgan fingerprint density at radius 1 is 1.36 bits per heavy atom. The van der Waals surface area contributed by atoms with E-state index in [1.807, 2.05) is 0 Å². The molecule has 0 spiro atoms. The highest BCUT2D eigenvalue weighted by Crippen LogP contribution is 2.28. The van der Waals surface area contributed by atoms with Crippen LogP contribution in [-0.4, -0.2) is 18.1 Å². The van der Waals surface area contributed by atoms with Crippen molar-refractivity contribution in [3.05, 3.63) is 23.8 Å². The Morgan fingerprint density at radius 3 is 2.93 bits per heavy atom. The fourth-order valence-corrected chi connectivity index (χ4v) is 1.83. The molecule has 1 aliphatic rings. The highest BCUT2D eigenvalue weighted by Gasteiger charge is 2.18. The number of carbonyl (C=O) groups excluding carboxylic acids is 1. The van der Waals surface area contributed by atoms with Crippen LogP contribution in [0.5, 0.6) is 5.75 Å². The topological polar surface area (TPSA) is 40.5 Å². The van der Waals surface area contributed by atoms with Gasteiger partial charge in [-0.2, -0.15) is 0 Å². The van der Waals surface area contributed by atoms with Crippen LogP contribution in [0.1, 0.15) is 18.4 Å². The summed E-state index contributed by atoms with van der Waals surface area (Å²) in [5.41, 5.74) is 1.98. The molecule has 0 unspecified atom stereocenters. The Hall–Kier alpha value is -1.51. The fraction of sp³-hybridized carbons (Fsp3) is 0.364. The van der Waals surface area contributed by atoms with Crippen LogP contribution in [-0.2, 0) is 11.2 Å². The molecule has 3 nitrogen and oxygen atoms in total. The van der Waals surface area contributed by atoms with Crippen LogP contribution in [0.25, 0.3) is 0 Å². The molecular formula is C11H13NO2. The maximum absolute atomic E-state index is 11.5. The largest absolute Gasteiger partial charge is 0.508 e. The number of fused-ring (bicyclic) bond motifs is 1. The third-order valence-electron chi connectivity index (χ3n) is 2.64. The predicted molar refractivity (Wildman–Crippen MR) is 54.5 cm³/mol. The summed E-state index contributed by atoms with van der Waals surface area (Å²) in [7, 11) is 1.78. The second-order valence-electron chi connectivity index (χ2n) is 3.62. The summed E-state index contributed by atoms with van der Waals surface area (Å²) in [5, 5.41) is 9.33. The van der Waals surface area contributed by atoms with Gasteiger partial charge in [0.2, 0.25) is 5.91 Å². The van der Waals surface area contributed by atoms with Gasteiger partial charge in [-0.05, 0) is 36.6 Å². The summed E-state index contributed by atoms with van der Waals surface area (Å²) >= 11 is 0. The number of anilines is 1. The molecule has 3 heteroatoms. The molecule has 74 valence electrons. The number of nitrogens with zero attached hydrogens (tertiary/aromatic N) is 1. The zero-order valence-corrected chi connectivity index (χ0v) is 8.16. The molecule has 0 atom stereocenters. The van der Waals surface area contributed by atoms with E-state index in [1.54, 1.807) is 30.1 Å². The molecule has 0 saturated carbocycles. The fourth-order valence-electron chi connectivity index (χ4n) is 1.83. The molecule has 1 N–H and O–H groups in total. The van der Waals surface area contributed by atoms with Crippen molar-refractivity contribution < 1.29 is 9.90 Å². The molecule has 0 aromatic heterocycles. The number of aromatic hydroxyl groups is 1. The number of amides is 1. The average Bonchev–Trinajstić information content (AvgIpc) is 2.28. The molecule has 14 heavy (non-hydrogen) atoms. The van der Waals surface area contributed by atoms with Gasteiger partial charge in [0.05, 0.1) is 0 Å². The van der Waals surface area contributed by atoms with E-state index in [9.17, 15) is 9.90 Å². The normalized spacial score (nSPS) is 16.4. The van der Waals surface area contributed by atoms with Crippen molar-refractivity contribution in [2.24, 2.45) is 0 Å². The quantitative estimate of drug-likeness (QED) is 0.678. The van der Waals surface area contributed by atoms with E-state index in [1.165, 1.54) is 0 Å². The van der Waals surface area contributed by atoms with E-state index >= 15 is 0 Å². The van der Waals surface area contributed by atoms with E-state index in [-0.39, 0.29) is 11.7 Å². The molecule has 1 amide bonds. The summed E-state index contributed by atoms with van der Waals surface area (Å²) in [5.74, 6) is 0.418. The van der Waals surface area contributed by atoms with Gasteiger partial charge in [0, 0.05) is 19.2 Å². The summed E-state index contributed by atoms with van der Waals surface area (Å²) in [6.07, 6.45) is 2.31. The van der Waals surface area contributed by atoms with Gasteiger partial charge < -0.3 is 10.0 Å². The summed E-state index contributed by atoms with van der Waals surface area (Å²) in [4.78, 5) is 13.2. The van der Waals surface area contributed by atoms with Crippen molar-refractivity contribution >= 4 is 11.6 Å². The number of benzene rings is 1. The van der Waals surface area contributed by atoms with Crippen LogP contribution in [0.15, 0.2) is 18.2 Å². The van der Waals surface area contributed by atoms with Crippen LogP contribution >= 0.6 is 0 Å². The maximum Gasteiger partial charge on any atom is 0.226 e. The van der Waals surface area contributed by atoms with Crippen LogP contribution in [0, 0.1) is 0 Å². The first kappa shape index (κ1) is 9.06. The van der Waals surface area contributed by atoms with E-state index in [2.05, 4.69) is 0 Å². The molecule has 0 aliphatic carbocycles. The smallest absolute Gasteiger partial charge is 0.226 e. The van der Waals surface area contributed by atoms with Crippen LogP contribution in [0.4, 0.5) is 5.69 Å². The number of hydrogen-bond acceptors (Lipinski definition) is 2. The number of aryl methyl sites for hydroxylation is 1. The lowest BCUT2D eigenvalue weighted by molar-refractivity contribution is -0.118. The van der Waals surface area contributed by atoms with Gasteiger partial charge in [-0.1, -0.05) is 0 Å². The van der Waals surface area contributed by atoms with E-state index in [0.717, 1.165) is 24.1 Å². The summed E-state index contributed by atoms with van der Waals surface area (Å²) < 4.78 is 0. The van der Waals surface area contributed by atoms with Crippen molar-refractivity contribution in [2.75, 3.05) is 11.9 Å². The zero-order valence-electron chi connectivity index (χ0n) is 8.16. The van der Waals surface area contributed by atoms with Gasteiger partial charge in [-0.25, -0.2) is 0 Å². The van der Waals surface area contributed by atoms with Gasteiger partial charge in [0.1, 0.15) is 5.75 Å². The number of hydrogen-bond donors (Lipinski definition) is 1. The van der Waals surface area contributed by atoms with Crippen LogP contribution in [0.2, 0.25) is 0 Å². The van der Waals surface area contributed by atoms with E-state index in [4.69, 9.17) is 0 Å². The second kappa shape index (κ2) is 3.33. The Kier molecular flexibility index (Phi) is 2.15. The van der Waals surface area contributed by atoms with Gasteiger partial charge in [0.15, 0.2) is 0 Å². The third-order valence-corrected chi connectivity index (χ3v) is 2.64. The third kappa shape index (κ3) is 1.45. The number of phenolic OH excluding ortho intramolecular Hbond substituents is 1. The highest BCUT2D eigenvalue weighted by atomic mass is 16.3. The first-order valence-corrected chi connectivity index (χ1v) is 4.77.